The predicted octanol–water partition coefficient (Wildman–Crippen LogP) is 1.68. The third kappa shape index (κ3) is 4.49. The Labute approximate surface area is 123 Å². The molecule has 110 valence electrons. The van der Waals surface area contributed by atoms with E-state index in [2.05, 4.69) is 5.32 Å². The van der Waals surface area contributed by atoms with Gasteiger partial charge in [0.1, 0.15) is 12.2 Å². The zero-order valence-electron chi connectivity index (χ0n) is 11.6. The van der Waals surface area contributed by atoms with Crippen LogP contribution in [-0.4, -0.2) is 36.0 Å². The quantitative estimate of drug-likeness (QED) is 0.917. The van der Waals surface area contributed by atoms with E-state index in [1.54, 1.807) is 29.2 Å². The van der Waals surface area contributed by atoms with E-state index in [0.29, 0.717) is 31.7 Å². The Morgan fingerprint density at radius 3 is 2.57 bits per heavy atom. The summed E-state index contributed by atoms with van der Waals surface area (Å²) in [6.07, 6.45) is 0.763. The van der Waals surface area contributed by atoms with E-state index >= 15 is 0 Å². The van der Waals surface area contributed by atoms with Gasteiger partial charge in [0.15, 0.2) is 0 Å². The first-order valence-corrected chi connectivity index (χ1v) is 6.87. The van der Waals surface area contributed by atoms with Crippen LogP contribution in [0, 0.1) is 11.3 Å². The van der Waals surface area contributed by atoms with Crippen molar-refractivity contribution in [3.63, 3.8) is 0 Å². The molecule has 0 spiro atoms. The lowest BCUT2D eigenvalue weighted by Crippen LogP contribution is -2.47. The minimum absolute atomic E-state index is 0.00709. The molecule has 1 aliphatic heterocycles. The van der Waals surface area contributed by atoms with Crippen LogP contribution in [0.5, 0.6) is 5.75 Å². The molecule has 6 heteroatoms. The smallest absolute Gasteiger partial charge is 0.410 e. The molecule has 2 rings (SSSR count). The second kappa shape index (κ2) is 7.29. The lowest BCUT2D eigenvalue weighted by atomic mass is 10.1. The van der Waals surface area contributed by atoms with E-state index in [1.807, 2.05) is 12.1 Å². The fraction of sp³-hybridized carbons (Fsp3) is 0.400. The van der Waals surface area contributed by atoms with Gasteiger partial charge in [-0.3, -0.25) is 4.79 Å². The van der Waals surface area contributed by atoms with Crippen LogP contribution in [0.4, 0.5) is 4.79 Å². The monoisotopic (exact) mass is 287 g/mol. The summed E-state index contributed by atoms with van der Waals surface area (Å²) in [6.45, 7) is 1.10. The molecule has 1 saturated heterocycles. The van der Waals surface area contributed by atoms with Gasteiger partial charge in [-0.05, 0) is 25.0 Å². The van der Waals surface area contributed by atoms with Crippen molar-refractivity contribution in [1.29, 1.82) is 5.26 Å². The van der Waals surface area contributed by atoms with Gasteiger partial charge in [0.2, 0.25) is 5.91 Å². The highest BCUT2D eigenvalue weighted by Crippen LogP contribution is 2.13. The maximum atomic E-state index is 11.7. The standard InChI is InChI=1S/C15H17N3O3/c16-9-6-14(19)18-10-7-12(8-11-18)17-15(20)21-13-4-2-1-3-5-13/h1-5,12H,6-8,10-11H2,(H,17,20). The van der Waals surface area contributed by atoms with E-state index in [-0.39, 0.29) is 18.4 Å². The fourth-order valence-corrected chi connectivity index (χ4v) is 2.24. The zero-order valence-corrected chi connectivity index (χ0v) is 11.6. The summed E-state index contributed by atoms with van der Waals surface area (Å²) in [4.78, 5) is 25.0. The first-order valence-electron chi connectivity index (χ1n) is 6.87. The first-order chi connectivity index (χ1) is 10.2. The molecular weight excluding hydrogens is 270 g/mol. The molecular formula is C15H17N3O3. The molecule has 2 amide bonds. The Hall–Kier alpha value is -2.55. The van der Waals surface area contributed by atoms with Crippen molar-refractivity contribution in [3.8, 4) is 11.8 Å². The second-order valence-electron chi connectivity index (χ2n) is 4.84. The van der Waals surface area contributed by atoms with Gasteiger partial charge < -0.3 is 15.0 Å². The Balaban J connectivity index is 1.75. The van der Waals surface area contributed by atoms with Crippen molar-refractivity contribution >= 4 is 12.0 Å². The maximum absolute atomic E-state index is 11.7. The molecule has 0 aromatic heterocycles. The van der Waals surface area contributed by atoms with Crippen LogP contribution in [0.25, 0.3) is 0 Å². The topological polar surface area (TPSA) is 82.4 Å². The minimum Gasteiger partial charge on any atom is -0.410 e. The van der Waals surface area contributed by atoms with Crippen molar-refractivity contribution in [2.24, 2.45) is 0 Å². The van der Waals surface area contributed by atoms with E-state index < -0.39 is 6.09 Å². The Bertz CT molecular complexity index is 531. The first kappa shape index (κ1) is 14.9. The Kier molecular flexibility index (Phi) is 5.16. The molecule has 1 heterocycles. The van der Waals surface area contributed by atoms with Crippen molar-refractivity contribution in [2.75, 3.05) is 13.1 Å². The highest BCUT2D eigenvalue weighted by atomic mass is 16.6. The third-order valence-corrected chi connectivity index (χ3v) is 3.35. The van der Waals surface area contributed by atoms with E-state index in [4.69, 9.17) is 10.00 Å². The summed E-state index contributed by atoms with van der Waals surface area (Å²) in [6, 6.07) is 10.7. The number of nitrogens with zero attached hydrogens (tertiary/aromatic N) is 2. The number of rotatable bonds is 3. The summed E-state index contributed by atoms with van der Waals surface area (Å²) in [5.74, 6) is 0.347. The largest absolute Gasteiger partial charge is 0.412 e. The highest BCUT2D eigenvalue weighted by molar-refractivity contribution is 5.78. The van der Waals surface area contributed by atoms with Gasteiger partial charge in [0.25, 0.3) is 0 Å². The summed E-state index contributed by atoms with van der Waals surface area (Å²) in [5, 5.41) is 11.3. The lowest BCUT2D eigenvalue weighted by Gasteiger charge is -2.31. The number of hydrogen-bond donors (Lipinski definition) is 1. The lowest BCUT2D eigenvalue weighted by molar-refractivity contribution is -0.131. The molecule has 0 bridgehead atoms. The molecule has 0 radical (unpaired) electrons. The van der Waals surface area contributed by atoms with E-state index in [0.717, 1.165) is 0 Å². The van der Waals surface area contributed by atoms with Crippen molar-refractivity contribution in [3.05, 3.63) is 30.3 Å². The zero-order chi connectivity index (χ0) is 15.1. The van der Waals surface area contributed by atoms with Crippen LogP contribution < -0.4 is 10.1 Å². The molecule has 1 aromatic rings. The number of nitriles is 1. The van der Waals surface area contributed by atoms with Crippen LogP contribution in [0.1, 0.15) is 19.3 Å². The molecule has 0 saturated carbocycles. The van der Waals surface area contributed by atoms with Crippen molar-refractivity contribution in [2.45, 2.75) is 25.3 Å². The molecule has 1 aliphatic rings. The van der Waals surface area contributed by atoms with Crippen molar-refractivity contribution in [1.82, 2.24) is 10.2 Å². The number of carbonyl (C=O) groups is 2. The number of para-hydroxylation sites is 1. The Morgan fingerprint density at radius 1 is 1.29 bits per heavy atom. The van der Waals surface area contributed by atoms with Gasteiger partial charge in [0, 0.05) is 19.1 Å². The molecule has 21 heavy (non-hydrogen) atoms. The van der Waals surface area contributed by atoms with Crippen LogP contribution in [-0.2, 0) is 4.79 Å². The molecule has 0 atom stereocenters. The fourth-order valence-electron chi connectivity index (χ4n) is 2.24. The van der Waals surface area contributed by atoms with Crippen LogP contribution in [0.3, 0.4) is 0 Å². The number of hydrogen-bond acceptors (Lipinski definition) is 4. The van der Waals surface area contributed by atoms with Gasteiger partial charge in [-0.25, -0.2) is 4.79 Å². The summed E-state index contributed by atoms with van der Waals surface area (Å²) in [5.41, 5.74) is 0. The number of nitrogens with one attached hydrogen (secondary N) is 1. The average molecular weight is 287 g/mol. The SMILES string of the molecule is N#CCC(=O)N1CCC(NC(=O)Oc2ccccc2)CC1. The molecule has 1 aromatic carbocycles. The van der Waals surface area contributed by atoms with Gasteiger partial charge in [-0.2, -0.15) is 5.26 Å². The molecule has 0 unspecified atom stereocenters. The summed E-state index contributed by atoms with van der Waals surface area (Å²) in [7, 11) is 0. The number of piperidine rings is 1. The third-order valence-electron chi connectivity index (χ3n) is 3.35. The minimum atomic E-state index is -0.483. The van der Waals surface area contributed by atoms with Crippen molar-refractivity contribution < 1.29 is 14.3 Å². The molecule has 1 fully saturated rings. The highest BCUT2D eigenvalue weighted by Gasteiger charge is 2.24. The average Bonchev–Trinajstić information content (AvgIpc) is 2.49. The van der Waals surface area contributed by atoms with E-state index in [1.165, 1.54) is 0 Å². The number of ether oxygens (including phenoxy) is 1. The number of likely N-dealkylation sites (tertiary alicyclic amines) is 1. The van der Waals surface area contributed by atoms with Gasteiger partial charge in [0.05, 0.1) is 6.07 Å². The Morgan fingerprint density at radius 2 is 1.95 bits per heavy atom. The number of amides is 2. The number of benzene rings is 1. The van der Waals surface area contributed by atoms with Gasteiger partial charge in [-0.15, -0.1) is 0 Å². The summed E-state index contributed by atoms with van der Waals surface area (Å²) >= 11 is 0. The van der Waals surface area contributed by atoms with Gasteiger partial charge >= 0.3 is 6.09 Å². The summed E-state index contributed by atoms with van der Waals surface area (Å²) < 4.78 is 5.16. The van der Waals surface area contributed by atoms with E-state index in [9.17, 15) is 9.59 Å². The maximum Gasteiger partial charge on any atom is 0.412 e. The van der Waals surface area contributed by atoms with Crippen LogP contribution in [0.2, 0.25) is 0 Å². The van der Waals surface area contributed by atoms with Gasteiger partial charge in [-0.1, -0.05) is 18.2 Å². The van der Waals surface area contributed by atoms with Crippen LogP contribution >= 0.6 is 0 Å². The predicted molar refractivity (Wildman–Crippen MR) is 75.4 cm³/mol. The van der Waals surface area contributed by atoms with Crippen LogP contribution in [0.15, 0.2) is 30.3 Å². The molecule has 1 N–H and O–H groups in total. The molecule has 0 aliphatic carbocycles. The second-order valence-corrected chi connectivity index (χ2v) is 4.84. The molecule has 6 nitrogen and oxygen atoms in total. The normalized spacial score (nSPS) is 15.1. The number of carbonyl (C=O) groups excluding carboxylic acids is 2.